The standard InChI is InChI=1S/C21H31N5O3/c1-15(24-10-12-29-13-11-24)19(27)25-8-5-21(6-9-25)18-17(22-14-23-18)4-7-26(21)20(28)16-2-3-16/h14-16H,2-13H2,1H3,(H,22,23)/t15-/m0/s1. The third-order valence-electron chi connectivity index (χ3n) is 7.31. The summed E-state index contributed by atoms with van der Waals surface area (Å²) in [6.07, 6.45) is 6.17. The van der Waals surface area contributed by atoms with Crippen LogP contribution in [-0.4, -0.2) is 88.5 Å². The van der Waals surface area contributed by atoms with Crippen molar-refractivity contribution in [2.24, 2.45) is 5.92 Å². The minimum absolute atomic E-state index is 0.121. The highest BCUT2D eigenvalue weighted by molar-refractivity contribution is 5.83. The average Bonchev–Trinajstić information content (AvgIpc) is 3.50. The van der Waals surface area contributed by atoms with E-state index in [2.05, 4.69) is 19.8 Å². The molecule has 0 aromatic carbocycles. The van der Waals surface area contributed by atoms with Gasteiger partial charge < -0.3 is 19.5 Å². The first-order valence-corrected chi connectivity index (χ1v) is 11.0. The van der Waals surface area contributed by atoms with Crippen molar-refractivity contribution >= 4 is 11.8 Å². The SMILES string of the molecule is C[C@@H](C(=O)N1CCC2(CC1)c1nc[nH]c1CCN2C(=O)C1CC1)N1CCOCC1. The topological polar surface area (TPSA) is 81.8 Å². The van der Waals surface area contributed by atoms with Gasteiger partial charge >= 0.3 is 0 Å². The number of fused-ring (bicyclic) bond motifs is 2. The maximum absolute atomic E-state index is 13.1. The number of nitrogens with zero attached hydrogens (tertiary/aromatic N) is 4. The van der Waals surface area contributed by atoms with Gasteiger partial charge in [-0.05, 0) is 32.6 Å². The van der Waals surface area contributed by atoms with Crippen molar-refractivity contribution in [3.8, 4) is 0 Å². The number of H-pyrrole nitrogens is 1. The monoisotopic (exact) mass is 401 g/mol. The van der Waals surface area contributed by atoms with Crippen LogP contribution in [0.4, 0.5) is 0 Å². The number of imidazole rings is 1. The number of likely N-dealkylation sites (tertiary alicyclic amines) is 1. The summed E-state index contributed by atoms with van der Waals surface area (Å²) in [6, 6.07) is -0.121. The van der Waals surface area contributed by atoms with E-state index in [4.69, 9.17) is 4.74 Å². The molecule has 158 valence electrons. The van der Waals surface area contributed by atoms with Crippen molar-refractivity contribution in [3.63, 3.8) is 0 Å². The van der Waals surface area contributed by atoms with E-state index in [1.54, 1.807) is 6.33 Å². The van der Waals surface area contributed by atoms with Gasteiger partial charge in [0, 0.05) is 50.8 Å². The first kappa shape index (κ1) is 19.1. The zero-order valence-electron chi connectivity index (χ0n) is 17.2. The third kappa shape index (κ3) is 3.26. The molecular formula is C21H31N5O3. The first-order valence-electron chi connectivity index (χ1n) is 11.0. The number of ether oxygens (including phenoxy) is 1. The number of amides is 2. The number of hydrogen-bond donors (Lipinski definition) is 1. The summed E-state index contributed by atoms with van der Waals surface area (Å²) in [5, 5.41) is 0. The molecule has 0 bridgehead atoms. The maximum Gasteiger partial charge on any atom is 0.239 e. The molecule has 4 aliphatic rings. The van der Waals surface area contributed by atoms with Gasteiger partial charge in [0.2, 0.25) is 11.8 Å². The van der Waals surface area contributed by atoms with Gasteiger partial charge in [-0.1, -0.05) is 0 Å². The van der Waals surface area contributed by atoms with Crippen LogP contribution < -0.4 is 0 Å². The Morgan fingerprint density at radius 2 is 1.90 bits per heavy atom. The summed E-state index contributed by atoms with van der Waals surface area (Å²) in [5.74, 6) is 0.688. The molecule has 1 N–H and O–H groups in total. The highest BCUT2D eigenvalue weighted by atomic mass is 16.5. The molecule has 3 aliphatic heterocycles. The first-order chi connectivity index (χ1) is 14.1. The summed E-state index contributed by atoms with van der Waals surface area (Å²) in [6.45, 7) is 7.12. The van der Waals surface area contributed by atoms with Crippen LogP contribution in [0.3, 0.4) is 0 Å². The lowest BCUT2D eigenvalue weighted by Crippen LogP contribution is -2.60. The number of morpholine rings is 1. The molecule has 2 saturated heterocycles. The van der Waals surface area contributed by atoms with Crippen molar-refractivity contribution in [2.45, 2.75) is 50.6 Å². The molecule has 8 heteroatoms. The Bertz CT molecular complexity index is 775. The van der Waals surface area contributed by atoms with E-state index in [1.807, 2.05) is 11.8 Å². The molecule has 8 nitrogen and oxygen atoms in total. The van der Waals surface area contributed by atoms with E-state index < -0.39 is 0 Å². The molecule has 1 spiro atoms. The summed E-state index contributed by atoms with van der Waals surface area (Å²) in [5.41, 5.74) is 1.84. The van der Waals surface area contributed by atoms with E-state index in [0.29, 0.717) is 32.2 Å². The van der Waals surface area contributed by atoms with Crippen LogP contribution in [0.15, 0.2) is 6.33 Å². The Balaban J connectivity index is 1.33. The van der Waals surface area contributed by atoms with E-state index in [-0.39, 0.29) is 23.4 Å². The molecule has 0 unspecified atom stereocenters. The minimum Gasteiger partial charge on any atom is -0.379 e. The van der Waals surface area contributed by atoms with Gasteiger partial charge in [-0.2, -0.15) is 0 Å². The number of piperidine rings is 1. The highest BCUT2D eigenvalue weighted by Gasteiger charge is 2.51. The van der Waals surface area contributed by atoms with E-state index in [9.17, 15) is 9.59 Å². The lowest BCUT2D eigenvalue weighted by Gasteiger charge is -2.51. The number of carbonyl (C=O) groups is 2. The van der Waals surface area contributed by atoms with Crippen LogP contribution in [0.5, 0.6) is 0 Å². The summed E-state index contributed by atoms with van der Waals surface area (Å²) in [4.78, 5) is 40.5. The molecule has 1 aliphatic carbocycles. The fraction of sp³-hybridized carbons (Fsp3) is 0.762. The predicted octanol–water partition coefficient (Wildman–Crippen LogP) is 0.743. The smallest absolute Gasteiger partial charge is 0.239 e. The molecular weight excluding hydrogens is 370 g/mol. The summed E-state index contributed by atoms with van der Waals surface area (Å²) in [7, 11) is 0. The van der Waals surface area contributed by atoms with Crippen LogP contribution in [0, 0.1) is 5.92 Å². The maximum atomic E-state index is 13.1. The lowest BCUT2D eigenvalue weighted by atomic mass is 9.78. The van der Waals surface area contributed by atoms with Gasteiger partial charge in [0.25, 0.3) is 0 Å². The van der Waals surface area contributed by atoms with Crippen molar-refractivity contribution in [1.82, 2.24) is 24.7 Å². The number of nitrogens with one attached hydrogen (secondary N) is 1. The molecule has 29 heavy (non-hydrogen) atoms. The van der Waals surface area contributed by atoms with Crippen molar-refractivity contribution in [1.29, 1.82) is 0 Å². The van der Waals surface area contributed by atoms with Crippen LogP contribution in [-0.2, 0) is 26.3 Å². The largest absolute Gasteiger partial charge is 0.379 e. The van der Waals surface area contributed by atoms with Crippen LogP contribution >= 0.6 is 0 Å². The molecule has 1 saturated carbocycles. The number of aromatic nitrogens is 2. The van der Waals surface area contributed by atoms with Crippen LogP contribution in [0.2, 0.25) is 0 Å². The Morgan fingerprint density at radius 3 is 2.59 bits per heavy atom. The Labute approximate surface area is 171 Å². The normalized spacial score (nSPS) is 25.7. The lowest BCUT2D eigenvalue weighted by molar-refractivity contribution is -0.147. The fourth-order valence-electron chi connectivity index (χ4n) is 5.34. The number of carbonyl (C=O) groups excluding carboxylic acids is 2. The number of aromatic amines is 1. The molecule has 2 amide bonds. The Kier molecular flexibility index (Phi) is 4.86. The molecule has 4 heterocycles. The third-order valence-corrected chi connectivity index (χ3v) is 7.31. The quantitative estimate of drug-likeness (QED) is 0.808. The van der Waals surface area contributed by atoms with E-state index >= 15 is 0 Å². The molecule has 0 radical (unpaired) electrons. The second-order valence-electron chi connectivity index (χ2n) is 8.93. The molecule has 1 aromatic heterocycles. The van der Waals surface area contributed by atoms with E-state index in [1.165, 1.54) is 0 Å². The predicted molar refractivity (Wildman–Crippen MR) is 106 cm³/mol. The van der Waals surface area contributed by atoms with E-state index in [0.717, 1.165) is 63.1 Å². The summed E-state index contributed by atoms with van der Waals surface area (Å²) >= 11 is 0. The van der Waals surface area contributed by atoms with Crippen molar-refractivity contribution in [3.05, 3.63) is 17.7 Å². The number of rotatable bonds is 3. The van der Waals surface area contributed by atoms with Gasteiger partial charge in [-0.15, -0.1) is 0 Å². The zero-order chi connectivity index (χ0) is 20.0. The fourth-order valence-corrected chi connectivity index (χ4v) is 5.34. The second-order valence-corrected chi connectivity index (χ2v) is 8.93. The highest BCUT2D eigenvalue weighted by Crippen LogP contribution is 2.45. The van der Waals surface area contributed by atoms with Crippen molar-refractivity contribution < 1.29 is 14.3 Å². The molecule has 5 rings (SSSR count). The molecule has 1 aromatic rings. The summed E-state index contributed by atoms with van der Waals surface area (Å²) < 4.78 is 5.42. The van der Waals surface area contributed by atoms with Crippen molar-refractivity contribution in [2.75, 3.05) is 45.9 Å². The Morgan fingerprint density at radius 1 is 1.17 bits per heavy atom. The van der Waals surface area contributed by atoms with Gasteiger partial charge in [-0.3, -0.25) is 14.5 Å². The van der Waals surface area contributed by atoms with Gasteiger partial charge in [0.1, 0.15) is 0 Å². The minimum atomic E-state index is -0.355. The Hall–Kier alpha value is -1.93. The van der Waals surface area contributed by atoms with Crippen LogP contribution in [0.25, 0.3) is 0 Å². The second kappa shape index (κ2) is 7.40. The van der Waals surface area contributed by atoms with Gasteiger partial charge in [-0.25, -0.2) is 4.98 Å². The van der Waals surface area contributed by atoms with Gasteiger partial charge in [0.15, 0.2) is 0 Å². The van der Waals surface area contributed by atoms with Gasteiger partial charge in [0.05, 0.1) is 36.8 Å². The number of hydrogen-bond acceptors (Lipinski definition) is 5. The molecule has 1 atom stereocenters. The average molecular weight is 402 g/mol. The molecule has 3 fully saturated rings. The van der Waals surface area contributed by atoms with Crippen LogP contribution in [0.1, 0.15) is 44.0 Å². The zero-order valence-corrected chi connectivity index (χ0v) is 17.2.